The van der Waals surface area contributed by atoms with E-state index in [9.17, 15) is 14.7 Å². The molecule has 2 aliphatic rings. The summed E-state index contributed by atoms with van der Waals surface area (Å²) in [5, 5.41) is 14.5. The van der Waals surface area contributed by atoms with Crippen LogP contribution in [0.3, 0.4) is 0 Å². The Morgan fingerprint density at radius 1 is 0.816 bits per heavy atom. The maximum absolute atomic E-state index is 13.2. The largest absolute Gasteiger partial charge is 0.491 e. The number of ether oxygens (including phenoxy) is 1. The lowest BCUT2D eigenvalue weighted by Crippen LogP contribution is -2.46. The van der Waals surface area contributed by atoms with Gasteiger partial charge in [0.15, 0.2) is 0 Å². The van der Waals surface area contributed by atoms with E-state index in [0.29, 0.717) is 24.2 Å². The number of carbonyl (C=O) groups is 2. The average Bonchev–Trinajstić information content (AvgIpc) is 2.93. The summed E-state index contributed by atoms with van der Waals surface area (Å²) in [5.41, 5.74) is 1.22. The van der Waals surface area contributed by atoms with Gasteiger partial charge in [0.05, 0.1) is 0 Å². The van der Waals surface area contributed by atoms with Crippen LogP contribution in [0.1, 0.15) is 33.6 Å². The van der Waals surface area contributed by atoms with Gasteiger partial charge in [-0.05, 0) is 72.3 Å². The number of fused-ring (bicyclic) bond motifs is 1. The number of carbonyl (C=O) groups excluding carboxylic acids is 2. The quantitative estimate of drug-likeness (QED) is 0.334. The molecule has 4 aromatic rings. The van der Waals surface area contributed by atoms with Gasteiger partial charge in [-0.3, -0.25) is 14.5 Å². The van der Waals surface area contributed by atoms with Crippen LogP contribution in [0.2, 0.25) is 0 Å². The summed E-state index contributed by atoms with van der Waals surface area (Å²) in [6.07, 6.45) is 1.16. The molecule has 6 nitrogen and oxygen atoms in total. The SMILES string of the molecule is Cl.O=C1c2cccc3cccc(c23)C(=O)N1CC1CCN(CC(O)COc2ccc3ccccc3c2)CC1. The Labute approximate surface area is 228 Å². The van der Waals surface area contributed by atoms with Crippen LogP contribution in [0.4, 0.5) is 0 Å². The number of aliphatic hydroxyl groups excluding tert-OH is 1. The minimum atomic E-state index is -0.592. The zero-order chi connectivity index (χ0) is 25.4. The molecule has 7 heteroatoms. The second-order valence-electron chi connectivity index (χ2n) is 10.1. The minimum absolute atomic E-state index is 0. The molecule has 1 fully saturated rings. The fourth-order valence-electron chi connectivity index (χ4n) is 5.66. The number of amides is 2. The summed E-state index contributed by atoms with van der Waals surface area (Å²) in [4.78, 5) is 30.1. The first-order valence-electron chi connectivity index (χ1n) is 13.0. The zero-order valence-electron chi connectivity index (χ0n) is 21.1. The normalized spacial score (nSPS) is 17.0. The maximum Gasteiger partial charge on any atom is 0.261 e. The topological polar surface area (TPSA) is 70.1 Å². The number of nitrogens with zero attached hydrogens (tertiary/aromatic N) is 2. The molecule has 4 aromatic carbocycles. The molecule has 0 aliphatic carbocycles. The second-order valence-corrected chi connectivity index (χ2v) is 10.1. The van der Waals surface area contributed by atoms with E-state index in [1.165, 1.54) is 4.90 Å². The van der Waals surface area contributed by atoms with E-state index >= 15 is 0 Å². The first-order chi connectivity index (χ1) is 18.1. The highest BCUT2D eigenvalue weighted by Gasteiger charge is 2.34. The Balaban J connectivity index is 0.00000294. The van der Waals surface area contributed by atoms with E-state index in [4.69, 9.17) is 4.74 Å². The molecular weight excluding hydrogens is 500 g/mol. The number of rotatable bonds is 7. The fourth-order valence-corrected chi connectivity index (χ4v) is 5.66. The van der Waals surface area contributed by atoms with Crippen LogP contribution in [0.25, 0.3) is 21.5 Å². The highest BCUT2D eigenvalue weighted by Crippen LogP contribution is 2.31. The lowest BCUT2D eigenvalue weighted by molar-refractivity contribution is 0.0453. The molecule has 196 valence electrons. The number of benzene rings is 4. The molecule has 1 saturated heterocycles. The van der Waals surface area contributed by atoms with Crippen molar-refractivity contribution in [1.82, 2.24) is 9.80 Å². The van der Waals surface area contributed by atoms with E-state index < -0.39 is 6.10 Å². The number of likely N-dealkylation sites (tertiary alicyclic amines) is 1. The molecule has 0 saturated carbocycles. The summed E-state index contributed by atoms with van der Waals surface area (Å²) in [5.74, 6) is 0.611. The molecule has 6 rings (SSSR count). The van der Waals surface area contributed by atoms with Crippen LogP contribution in [0.5, 0.6) is 5.75 Å². The van der Waals surface area contributed by atoms with E-state index in [1.54, 1.807) is 0 Å². The van der Waals surface area contributed by atoms with Gasteiger partial charge in [0.2, 0.25) is 0 Å². The highest BCUT2D eigenvalue weighted by molar-refractivity contribution is 6.25. The standard InChI is InChI=1S/C31H30N2O4.ClH/c34-25(20-37-26-12-11-22-5-1-2-6-24(22)17-26)19-32-15-13-21(14-16-32)18-33-30(35)27-9-3-7-23-8-4-10-28(29(23)27)31(33)36;/h1-12,17,21,25,34H,13-16,18-20H2;1H. The van der Waals surface area contributed by atoms with E-state index in [1.807, 2.05) is 72.8 Å². The van der Waals surface area contributed by atoms with Gasteiger partial charge in [0.25, 0.3) is 11.8 Å². The van der Waals surface area contributed by atoms with Crippen molar-refractivity contribution in [3.8, 4) is 5.75 Å². The van der Waals surface area contributed by atoms with Crippen molar-refractivity contribution in [3.63, 3.8) is 0 Å². The number of halogens is 1. The van der Waals surface area contributed by atoms with Crippen molar-refractivity contribution < 1.29 is 19.4 Å². The predicted octanol–water partition coefficient (Wildman–Crippen LogP) is 5.16. The summed E-state index contributed by atoms with van der Waals surface area (Å²) >= 11 is 0. The number of piperidine rings is 1. The molecule has 2 amide bonds. The second kappa shape index (κ2) is 11.1. The van der Waals surface area contributed by atoms with Crippen molar-refractivity contribution in [2.45, 2.75) is 18.9 Å². The number of hydrogen-bond acceptors (Lipinski definition) is 5. The van der Waals surface area contributed by atoms with Gasteiger partial charge in [-0.15, -0.1) is 12.4 Å². The molecule has 0 radical (unpaired) electrons. The van der Waals surface area contributed by atoms with Crippen LogP contribution in [0.15, 0.2) is 78.9 Å². The van der Waals surface area contributed by atoms with Gasteiger partial charge in [-0.25, -0.2) is 0 Å². The lowest BCUT2D eigenvalue weighted by Gasteiger charge is -2.36. The lowest BCUT2D eigenvalue weighted by atomic mass is 9.91. The molecule has 0 bridgehead atoms. The average molecular weight is 531 g/mol. The summed E-state index contributed by atoms with van der Waals surface area (Å²) in [6, 6.07) is 25.3. The smallest absolute Gasteiger partial charge is 0.261 e. The van der Waals surface area contributed by atoms with Crippen molar-refractivity contribution >= 4 is 45.8 Å². The third kappa shape index (κ3) is 5.12. The third-order valence-electron chi connectivity index (χ3n) is 7.64. The van der Waals surface area contributed by atoms with Crippen molar-refractivity contribution in [2.75, 3.05) is 32.8 Å². The molecular formula is C31H31ClN2O4. The van der Waals surface area contributed by atoms with E-state index in [0.717, 1.165) is 53.2 Å². The van der Waals surface area contributed by atoms with Gasteiger partial charge in [-0.2, -0.15) is 0 Å². The zero-order valence-corrected chi connectivity index (χ0v) is 21.9. The molecule has 38 heavy (non-hydrogen) atoms. The van der Waals surface area contributed by atoms with Crippen LogP contribution in [0, 0.1) is 5.92 Å². The first kappa shape index (κ1) is 26.2. The molecule has 0 aromatic heterocycles. The van der Waals surface area contributed by atoms with Crippen LogP contribution in [-0.2, 0) is 0 Å². The predicted molar refractivity (Wildman–Crippen MR) is 151 cm³/mol. The Kier molecular flexibility index (Phi) is 7.65. The van der Waals surface area contributed by atoms with Crippen LogP contribution in [-0.4, -0.2) is 65.6 Å². The molecule has 0 spiro atoms. The molecule has 2 aliphatic heterocycles. The summed E-state index contributed by atoms with van der Waals surface area (Å²) in [6.45, 7) is 2.85. The number of imide groups is 1. The Morgan fingerprint density at radius 3 is 2.13 bits per heavy atom. The van der Waals surface area contributed by atoms with Crippen molar-refractivity contribution in [2.24, 2.45) is 5.92 Å². The first-order valence-corrected chi connectivity index (χ1v) is 13.0. The number of β-amino-alcohol motifs (C(OH)–C–C–N with tert-alkyl or cyclic N) is 1. The van der Waals surface area contributed by atoms with Gasteiger partial charge in [0.1, 0.15) is 18.5 Å². The van der Waals surface area contributed by atoms with Gasteiger partial charge >= 0.3 is 0 Å². The third-order valence-corrected chi connectivity index (χ3v) is 7.64. The Hall–Kier alpha value is -3.45. The van der Waals surface area contributed by atoms with Crippen LogP contribution < -0.4 is 4.74 Å². The fraction of sp³-hybridized carbons (Fsp3) is 0.290. The van der Waals surface area contributed by atoms with Crippen molar-refractivity contribution in [1.29, 1.82) is 0 Å². The summed E-state index contributed by atoms with van der Waals surface area (Å²) < 4.78 is 5.86. The van der Waals surface area contributed by atoms with Gasteiger partial charge < -0.3 is 14.7 Å². The number of hydrogen-bond donors (Lipinski definition) is 1. The molecule has 1 atom stereocenters. The Morgan fingerprint density at radius 2 is 1.45 bits per heavy atom. The minimum Gasteiger partial charge on any atom is -0.491 e. The monoisotopic (exact) mass is 530 g/mol. The van der Waals surface area contributed by atoms with Gasteiger partial charge in [-0.1, -0.05) is 54.6 Å². The number of aliphatic hydroxyl groups is 1. The van der Waals surface area contributed by atoms with Crippen LogP contribution >= 0.6 is 12.4 Å². The molecule has 2 heterocycles. The Bertz CT molecular complexity index is 1430. The molecule has 1 N–H and O–H groups in total. The maximum atomic E-state index is 13.2. The van der Waals surface area contributed by atoms with E-state index in [-0.39, 0.29) is 36.7 Å². The summed E-state index contributed by atoms with van der Waals surface area (Å²) in [7, 11) is 0. The highest BCUT2D eigenvalue weighted by atomic mass is 35.5. The van der Waals surface area contributed by atoms with E-state index in [2.05, 4.69) is 11.0 Å². The van der Waals surface area contributed by atoms with Gasteiger partial charge in [0, 0.05) is 29.6 Å². The van der Waals surface area contributed by atoms with Crippen molar-refractivity contribution in [3.05, 3.63) is 90.0 Å². The molecule has 1 unspecified atom stereocenters.